The molecule has 1 aliphatic rings. The molecule has 0 bridgehead atoms. The van der Waals surface area contributed by atoms with Crippen LogP contribution in [-0.2, 0) is 10.0 Å². The summed E-state index contributed by atoms with van der Waals surface area (Å²) < 4.78 is 28.1. The minimum absolute atomic E-state index is 0.213. The molecule has 152 valence electrons. The molecular weight excluding hydrogens is 471 g/mol. The second-order valence-electron chi connectivity index (χ2n) is 6.65. The van der Waals surface area contributed by atoms with Gasteiger partial charge in [0.05, 0.1) is 16.8 Å². The first kappa shape index (κ1) is 21.0. The molecule has 0 amide bonds. The zero-order valence-electron chi connectivity index (χ0n) is 15.1. The summed E-state index contributed by atoms with van der Waals surface area (Å²) in [6.45, 7) is 1.17. The Morgan fingerprint density at radius 1 is 0.931 bits per heavy atom. The summed E-state index contributed by atoms with van der Waals surface area (Å²) in [5.74, 6) is 0. The molecule has 0 radical (unpaired) electrons. The van der Waals surface area contributed by atoms with E-state index in [-0.39, 0.29) is 6.04 Å². The summed E-state index contributed by atoms with van der Waals surface area (Å²) in [4.78, 5) is 2.13. The summed E-state index contributed by atoms with van der Waals surface area (Å²) in [5, 5.41) is 3.49. The second kappa shape index (κ2) is 8.46. The van der Waals surface area contributed by atoms with Gasteiger partial charge in [-0.25, -0.2) is 8.42 Å². The number of thiophene rings is 1. The molecular formula is C20H17Cl3N2O2S2. The molecule has 1 aromatic heterocycles. The molecule has 29 heavy (non-hydrogen) atoms. The SMILES string of the molecule is O=S(=O)(c1cccs1)N1CCN(c2ccc(Cl)cc2Cl)C(c2ccc(Cl)cc2)C1. The van der Waals surface area contributed by atoms with Crippen LogP contribution in [0.25, 0.3) is 0 Å². The van der Waals surface area contributed by atoms with Crippen molar-refractivity contribution in [3.05, 3.63) is 80.6 Å². The van der Waals surface area contributed by atoms with E-state index < -0.39 is 10.0 Å². The third kappa shape index (κ3) is 4.29. The lowest BCUT2D eigenvalue weighted by atomic mass is 10.0. The van der Waals surface area contributed by atoms with E-state index in [2.05, 4.69) is 4.90 Å². The van der Waals surface area contributed by atoms with Crippen LogP contribution in [0.5, 0.6) is 0 Å². The highest BCUT2D eigenvalue weighted by molar-refractivity contribution is 7.91. The van der Waals surface area contributed by atoms with Gasteiger partial charge in [0.25, 0.3) is 10.0 Å². The molecule has 1 fully saturated rings. The lowest BCUT2D eigenvalue weighted by Crippen LogP contribution is -2.50. The zero-order chi connectivity index (χ0) is 20.6. The van der Waals surface area contributed by atoms with Crippen LogP contribution in [0.1, 0.15) is 11.6 Å². The standard InChI is InChI=1S/C20H17Cl3N2O2S2/c21-15-5-3-14(4-6-15)19-13-24(29(26,27)20-2-1-11-28-20)9-10-25(19)18-8-7-16(22)12-17(18)23/h1-8,11-12,19H,9-10,13H2. The number of sulfonamides is 1. The fourth-order valence-corrected chi connectivity index (χ4v) is 6.71. The molecule has 4 nitrogen and oxygen atoms in total. The number of anilines is 1. The Labute approximate surface area is 189 Å². The second-order valence-corrected chi connectivity index (χ2v) is 11.0. The van der Waals surface area contributed by atoms with Gasteiger partial charge in [-0.1, -0.05) is 53.0 Å². The minimum Gasteiger partial charge on any atom is -0.361 e. The van der Waals surface area contributed by atoms with Gasteiger partial charge in [0.2, 0.25) is 0 Å². The Morgan fingerprint density at radius 3 is 2.31 bits per heavy atom. The molecule has 3 aromatic rings. The van der Waals surface area contributed by atoms with Crippen molar-refractivity contribution in [3.8, 4) is 0 Å². The minimum atomic E-state index is -3.55. The summed E-state index contributed by atoms with van der Waals surface area (Å²) >= 11 is 19.8. The smallest absolute Gasteiger partial charge is 0.252 e. The zero-order valence-corrected chi connectivity index (χ0v) is 19.0. The predicted octanol–water partition coefficient (Wildman–Crippen LogP) is 5.96. The highest BCUT2D eigenvalue weighted by Gasteiger charge is 2.36. The molecule has 1 aliphatic heterocycles. The topological polar surface area (TPSA) is 40.6 Å². The van der Waals surface area contributed by atoms with Gasteiger partial charge in [-0.15, -0.1) is 11.3 Å². The molecule has 1 atom stereocenters. The van der Waals surface area contributed by atoms with Crippen LogP contribution in [-0.4, -0.2) is 32.4 Å². The van der Waals surface area contributed by atoms with Crippen molar-refractivity contribution in [2.75, 3.05) is 24.5 Å². The number of hydrogen-bond donors (Lipinski definition) is 0. The van der Waals surface area contributed by atoms with Crippen molar-refractivity contribution in [2.45, 2.75) is 10.3 Å². The number of piperazine rings is 1. The molecule has 0 spiro atoms. The first-order chi connectivity index (χ1) is 13.9. The van der Waals surface area contributed by atoms with Crippen molar-refractivity contribution < 1.29 is 8.42 Å². The Kier molecular flexibility index (Phi) is 6.11. The van der Waals surface area contributed by atoms with Crippen LogP contribution in [0, 0.1) is 0 Å². The van der Waals surface area contributed by atoms with E-state index in [0.29, 0.717) is 38.9 Å². The summed E-state index contributed by atoms with van der Waals surface area (Å²) in [6.07, 6.45) is 0. The number of rotatable bonds is 4. The summed E-state index contributed by atoms with van der Waals surface area (Å²) in [6, 6.07) is 16.0. The van der Waals surface area contributed by atoms with Gasteiger partial charge in [-0.2, -0.15) is 4.31 Å². The quantitative estimate of drug-likeness (QED) is 0.456. The maximum absolute atomic E-state index is 13.1. The number of halogens is 3. The first-order valence-electron chi connectivity index (χ1n) is 8.87. The fraction of sp³-hybridized carbons (Fsp3) is 0.200. The summed E-state index contributed by atoms with van der Waals surface area (Å²) in [5.41, 5.74) is 1.79. The number of hydrogen-bond acceptors (Lipinski definition) is 4. The highest BCUT2D eigenvalue weighted by atomic mass is 35.5. The molecule has 2 aromatic carbocycles. The molecule has 0 N–H and O–H groups in total. The number of benzene rings is 2. The molecule has 4 rings (SSSR count). The first-order valence-corrected chi connectivity index (χ1v) is 12.3. The maximum Gasteiger partial charge on any atom is 0.252 e. The predicted molar refractivity (Wildman–Crippen MR) is 121 cm³/mol. The molecule has 2 heterocycles. The fourth-order valence-electron chi connectivity index (χ4n) is 3.49. The van der Waals surface area contributed by atoms with Crippen molar-refractivity contribution in [1.29, 1.82) is 0 Å². The Morgan fingerprint density at radius 2 is 1.66 bits per heavy atom. The Bertz CT molecular complexity index is 1100. The van der Waals surface area contributed by atoms with Gasteiger partial charge in [0, 0.05) is 29.7 Å². The van der Waals surface area contributed by atoms with E-state index in [9.17, 15) is 8.42 Å². The number of nitrogens with zero attached hydrogens (tertiary/aromatic N) is 2. The van der Waals surface area contributed by atoms with E-state index in [0.717, 1.165) is 11.3 Å². The van der Waals surface area contributed by atoms with Crippen molar-refractivity contribution >= 4 is 61.9 Å². The normalized spacial score (nSPS) is 18.2. The lowest BCUT2D eigenvalue weighted by Gasteiger charge is -2.42. The largest absolute Gasteiger partial charge is 0.361 e. The van der Waals surface area contributed by atoms with Crippen LogP contribution in [0.15, 0.2) is 64.2 Å². The van der Waals surface area contributed by atoms with E-state index in [1.807, 2.05) is 30.3 Å². The van der Waals surface area contributed by atoms with Crippen molar-refractivity contribution in [3.63, 3.8) is 0 Å². The molecule has 1 saturated heterocycles. The van der Waals surface area contributed by atoms with Crippen LogP contribution in [0.3, 0.4) is 0 Å². The average molecular weight is 488 g/mol. The Hall–Kier alpha value is -1.28. The molecule has 9 heteroatoms. The van der Waals surface area contributed by atoms with Crippen molar-refractivity contribution in [2.24, 2.45) is 0 Å². The third-order valence-corrected chi connectivity index (χ3v) is 8.93. The van der Waals surface area contributed by atoms with E-state index in [4.69, 9.17) is 34.8 Å². The van der Waals surface area contributed by atoms with Gasteiger partial charge in [0.1, 0.15) is 4.21 Å². The monoisotopic (exact) mass is 486 g/mol. The summed E-state index contributed by atoms with van der Waals surface area (Å²) in [7, 11) is -3.55. The van der Waals surface area contributed by atoms with Gasteiger partial charge >= 0.3 is 0 Å². The van der Waals surface area contributed by atoms with Crippen LogP contribution < -0.4 is 4.90 Å². The van der Waals surface area contributed by atoms with Crippen LogP contribution in [0.4, 0.5) is 5.69 Å². The van der Waals surface area contributed by atoms with E-state index >= 15 is 0 Å². The third-order valence-electron chi connectivity index (χ3n) is 4.91. The Balaban J connectivity index is 1.72. The van der Waals surface area contributed by atoms with E-state index in [1.54, 1.807) is 34.0 Å². The lowest BCUT2D eigenvalue weighted by molar-refractivity contribution is 0.336. The van der Waals surface area contributed by atoms with Gasteiger partial charge in [0.15, 0.2) is 0 Å². The molecule has 0 aliphatic carbocycles. The van der Waals surface area contributed by atoms with Gasteiger partial charge < -0.3 is 4.90 Å². The van der Waals surface area contributed by atoms with Crippen LogP contribution in [0.2, 0.25) is 15.1 Å². The van der Waals surface area contributed by atoms with Gasteiger partial charge in [-0.05, 0) is 47.3 Å². The van der Waals surface area contributed by atoms with Crippen molar-refractivity contribution in [1.82, 2.24) is 4.31 Å². The van der Waals surface area contributed by atoms with E-state index in [1.165, 1.54) is 11.3 Å². The maximum atomic E-state index is 13.1. The average Bonchev–Trinajstić information content (AvgIpc) is 3.24. The van der Waals surface area contributed by atoms with Crippen LogP contribution >= 0.6 is 46.1 Å². The van der Waals surface area contributed by atoms with Gasteiger partial charge in [-0.3, -0.25) is 0 Å². The molecule has 0 saturated carbocycles. The molecule has 1 unspecified atom stereocenters. The highest BCUT2D eigenvalue weighted by Crippen LogP contribution is 2.38.